The first-order valence-electron chi connectivity index (χ1n) is 3.41. The fraction of sp³-hybridized carbons (Fsp3) is 1.00. The van der Waals surface area contributed by atoms with E-state index in [0.717, 1.165) is 0 Å². The molecule has 64 valence electrons. The van der Waals surface area contributed by atoms with Crippen molar-refractivity contribution in [1.82, 2.24) is 0 Å². The zero-order chi connectivity index (χ0) is 9.00. The maximum Gasteiger partial charge on any atom is 1.00 e. The molecule has 0 bridgehead atoms. The van der Waals surface area contributed by atoms with Crippen molar-refractivity contribution in [3.05, 3.63) is 0 Å². The van der Waals surface area contributed by atoms with Crippen molar-refractivity contribution in [3.63, 3.8) is 0 Å². The van der Waals surface area contributed by atoms with Crippen LogP contribution in [0.25, 0.3) is 0 Å². The third-order valence-electron chi connectivity index (χ3n) is 0. The van der Waals surface area contributed by atoms with Crippen LogP contribution in [-0.4, -0.2) is 11.2 Å². The molecule has 0 amide bonds. The smallest absolute Gasteiger partial charge is 0.850 e. The largest absolute Gasteiger partial charge is 1.00 e. The molecule has 0 aromatic heterocycles. The van der Waals surface area contributed by atoms with Crippen LogP contribution in [0.1, 0.15) is 41.5 Å². The molecule has 12 heavy (non-hydrogen) atoms. The molecule has 0 radical (unpaired) electrons. The monoisotopic (exact) mass is 160 g/mol. The molecule has 0 N–H and O–H groups in total. The second kappa shape index (κ2) is 8.70. The van der Waals surface area contributed by atoms with Gasteiger partial charge in [-0.25, -0.2) is 0 Å². The van der Waals surface area contributed by atoms with Crippen molar-refractivity contribution in [2.75, 3.05) is 0 Å². The summed E-state index contributed by atoms with van der Waals surface area (Å²) in [5.74, 6) is 0. The maximum absolute atomic E-state index is 10.1. The van der Waals surface area contributed by atoms with Gasteiger partial charge >= 0.3 is 37.7 Å². The molecule has 0 spiro atoms. The molecule has 0 rings (SSSR count). The van der Waals surface area contributed by atoms with Crippen molar-refractivity contribution in [2.45, 2.75) is 52.7 Å². The molecule has 0 aliphatic carbocycles. The number of hydrogen-bond donors (Lipinski definition) is 0. The molecule has 2 nitrogen and oxygen atoms in total. The predicted molar refractivity (Wildman–Crippen MR) is 39.5 cm³/mol. The van der Waals surface area contributed by atoms with Gasteiger partial charge in [0.15, 0.2) is 0 Å². The van der Waals surface area contributed by atoms with Crippen LogP contribution in [0.3, 0.4) is 0 Å². The number of rotatable bonds is 0. The van der Waals surface area contributed by atoms with E-state index in [1.807, 2.05) is 0 Å². The molecule has 0 heterocycles. The quantitative estimate of drug-likeness (QED) is 0.331. The molecule has 0 aromatic carbocycles. The first-order chi connectivity index (χ1) is 4.00. The minimum absolute atomic E-state index is 0. The molecule has 0 aliphatic rings. The van der Waals surface area contributed by atoms with Crippen molar-refractivity contribution < 1.29 is 47.9 Å². The Morgan fingerprint density at radius 2 is 0.583 bits per heavy atom. The van der Waals surface area contributed by atoms with Gasteiger partial charge in [-0.1, -0.05) is 41.5 Å². The Morgan fingerprint density at radius 3 is 0.583 bits per heavy atom. The summed E-state index contributed by atoms with van der Waals surface area (Å²) in [6, 6.07) is 0. The van der Waals surface area contributed by atoms with Crippen LogP contribution in [0, 0.1) is 0 Å². The van der Waals surface area contributed by atoms with E-state index in [1.165, 1.54) is 0 Å². The van der Waals surface area contributed by atoms with Crippen LogP contribution in [0.5, 0.6) is 0 Å². The van der Waals surface area contributed by atoms with E-state index in [9.17, 15) is 10.2 Å². The van der Waals surface area contributed by atoms with Gasteiger partial charge in [-0.3, -0.25) is 0 Å². The van der Waals surface area contributed by atoms with Crippen LogP contribution in [-0.2, 0) is 0 Å². The summed E-state index contributed by atoms with van der Waals surface area (Å²) in [6.45, 7) is 9.79. The Kier molecular flexibility index (Phi) is 16.8. The van der Waals surface area contributed by atoms with Crippen LogP contribution in [0.4, 0.5) is 0 Å². The maximum atomic E-state index is 10.1. The Labute approximate surface area is 100 Å². The fourth-order valence-corrected chi connectivity index (χ4v) is 0. The third kappa shape index (κ3) is 915. The Bertz CT molecular complexity index is 58.0. The van der Waals surface area contributed by atoms with E-state index >= 15 is 0 Å². The Hall–Kier alpha value is 1.11. The number of hydrogen-bond acceptors (Lipinski definition) is 2. The molecule has 0 atom stereocenters. The van der Waals surface area contributed by atoms with Crippen LogP contribution < -0.4 is 47.9 Å². The van der Waals surface area contributed by atoms with Gasteiger partial charge in [-0.2, -0.15) is 0 Å². The van der Waals surface area contributed by atoms with Crippen molar-refractivity contribution >= 4 is 0 Å². The van der Waals surface area contributed by atoms with Crippen LogP contribution >= 0.6 is 0 Å². The summed E-state index contributed by atoms with van der Waals surface area (Å²) in [5, 5.41) is 20.2. The van der Waals surface area contributed by atoms with E-state index < -0.39 is 11.2 Å². The summed E-state index contributed by atoms with van der Waals surface area (Å²) in [7, 11) is 0. The van der Waals surface area contributed by atoms with Crippen molar-refractivity contribution in [1.29, 1.82) is 0 Å². The summed E-state index contributed by atoms with van der Waals surface area (Å²) in [4.78, 5) is 0. The molecule has 0 saturated heterocycles. The zero-order valence-corrected chi connectivity index (χ0v) is 9.82. The van der Waals surface area contributed by atoms with Crippen molar-refractivity contribution in [3.8, 4) is 0 Å². The molecule has 4 heteroatoms. The zero-order valence-electron chi connectivity index (χ0n) is 9.82. The normalized spacial score (nSPS) is 10.0. The molecule has 0 unspecified atom stereocenters. The Morgan fingerprint density at radius 1 is 0.583 bits per heavy atom. The second-order valence-electron chi connectivity index (χ2n) is 4.22. The van der Waals surface area contributed by atoms with Gasteiger partial charge in [0.25, 0.3) is 0 Å². The van der Waals surface area contributed by atoms with E-state index in [2.05, 4.69) is 0 Å². The van der Waals surface area contributed by atoms with E-state index in [-0.39, 0.29) is 37.7 Å². The molecule has 0 saturated carbocycles. The fourth-order valence-electron chi connectivity index (χ4n) is 0. The molecule has 0 aromatic rings. The van der Waals surface area contributed by atoms with Gasteiger partial charge in [-0.15, -0.1) is 11.2 Å². The predicted octanol–water partition coefficient (Wildman–Crippen LogP) is -5.70. The van der Waals surface area contributed by atoms with Gasteiger partial charge in [0.05, 0.1) is 0 Å². The van der Waals surface area contributed by atoms with E-state index in [4.69, 9.17) is 0 Å². The minimum atomic E-state index is -0.750. The van der Waals surface area contributed by atoms with Gasteiger partial charge in [0, 0.05) is 0 Å². The summed E-state index contributed by atoms with van der Waals surface area (Å²) in [5.41, 5.74) is -1.50. The molecule has 0 aliphatic heterocycles. The average Bonchev–Trinajstić information content (AvgIpc) is 1.12. The van der Waals surface area contributed by atoms with Gasteiger partial charge in [0.2, 0.25) is 0 Å². The first kappa shape index (κ1) is 23.2. The van der Waals surface area contributed by atoms with Gasteiger partial charge in [-0.05, 0) is 0 Å². The summed E-state index contributed by atoms with van der Waals surface area (Å²) >= 11 is 0. The minimum Gasteiger partial charge on any atom is -0.850 e. The molecular formula is C8H18Li2O2. The standard InChI is InChI=1S/2C4H9O.2Li/c2*1-4(2,3)5;;/h2*1-3H3;;/q2*-1;2*+1. The topological polar surface area (TPSA) is 46.1 Å². The molecular weight excluding hydrogens is 142 g/mol. The SMILES string of the molecule is CC(C)(C)[O-].CC(C)(C)[O-].[Li+].[Li+]. The van der Waals surface area contributed by atoms with E-state index in [1.54, 1.807) is 41.5 Å². The van der Waals surface area contributed by atoms with Crippen molar-refractivity contribution in [2.24, 2.45) is 0 Å². The van der Waals surface area contributed by atoms with Crippen LogP contribution in [0.15, 0.2) is 0 Å². The third-order valence-corrected chi connectivity index (χ3v) is 0. The van der Waals surface area contributed by atoms with Gasteiger partial charge in [0.1, 0.15) is 0 Å². The Balaban J connectivity index is -0.0000000457. The van der Waals surface area contributed by atoms with Crippen LogP contribution in [0.2, 0.25) is 0 Å². The summed E-state index contributed by atoms with van der Waals surface area (Å²) in [6.07, 6.45) is 0. The average molecular weight is 160 g/mol. The summed E-state index contributed by atoms with van der Waals surface area (Å²) < 4.78 is 0. The van der Waals surface area contributed by atoms with Gasteiger partial charge < -0.3 is 10.2 Å². The van der Waals surface area contributed by atoms with E-state index in [0.29, 0.717) is 0 Å². The first-order valence-corrected chi connectivity index (χ1v) is 3.41. The molecule has 0 fully saturated rings. The second-order valence-corrected chi connectivity index (χ2v) is 4.22.